The second-order valence-electron chi connectivity index (χ2n) is 7.12. The van der Waals surface area contributed by atoms with Crippen LogP contribution < -0.4 is 5.32 Å². The molecule has 1 aromatic carbocycles. The second-order valence-corrected chi connectivity index (χ2v) is 7.12. The molecule has 0 spiro atoms. The van der Waals surface area contributed by atoms with Gasteiger partial charge in [-0.1, -0.05) is 30.3 Å². The molecule has 1 amide bonds. The lowest BCUT2D eigenvalue weighted by Gasteiger charge is -2.21. The van der Waals surface area contributed by atoms with E-state index in [0.717, 1.165) is 57.6 Å². The average Bonchev–Trinajstić information content (AvgIpc) is 2.98. The molecule has 0 saturated carbocycles. The summed E-state index contributed by atoms with van der Waals surface area (Å²) in [4.78, 5) is 19.2. The molecule has 2 aromatic rings. The number of carbonyl (C=O) groups excluding carboxylic acids is 1. The van der Waals surface area contributed by atoms with Gasteiger partial charge < -0.3 is 15.3 Å². The Morgan fingerprint density at radius 1 is 1.11 bits per heavy atom. The number of rotatable bonds is 7. The summed E-state index contributed by atoms with van der Waals surface area (Å²) in [6.07, 6.45) is 6.51. The maximum Gasteiger partial charge on any atom is 0.255 e. The zero-order valence-electron chi connectivity index (χ0n) is 15.8. The summed E-state index contributed by atoms with van der Waals surface area (Å²) in [7, 11) is 0. The Hall–Kier alpha value is -2.40. The number of benzene rings is 1. The number of likely N-dealkylation sites (tertiary alicyclic amines) is 1. The minimum Gasteiger partial charge on any atom is -0.396 e. The predicted octanol–water partition coefficient (Wildman–Crippen LogP) is 3.68. The smallest absolute Gasteiger partial charge is 0.255 e. The summed E-state index contributed by atoms with van der Waals surface area (Å²) in [5.74, 6) is 1.38. The molecule has 2 heterocycles. The number of hydrogen-bond donors (Lipinski definition) is 2. The number of carbonyl (C=O) groups is 1. The normalized spacial score (nSPS) is 17.4. The largest absolute Gasteiger partial charge is 0.396 e. The number of aromatic nitrogens is 1. The van der Waals surface area contributed by atoms with Crippen LogP contribution in [0.5, 0.6) is 0 Å². The number of nitrogens with zero attached hydrogens (tertiary/aromatic N) is 2. The van der Waals surface area contributed by atoms with Gasteiger partial charge in [-0.15, -0.1) is 0 Å². The third kappa shape index (κ3) is 5.54. The molecule has 0 aliphatic carbocycles. The van der Waals surface area contributed by atoms with Crippen molar-refractivity contribution in [2.75, 3.05) is 31.6 Å². The number of anilines is 1. The van der Waals surface area contributed by atoms with E-state index in [2.05, 4.69) is 34.6 Å². The van der Waals surface area contributed by atoms with Crippen molar-refractivity contribution in [3.05, 3.63) is 59.8 Å². The predicted molar refractivity (Wildman–Crippen MR) is 108 cm³/mol. The van der Waals surface area contributed by atoms with E-state index in [1.54, 1.807) is 6.20 Å². The molecule has 1 saturated heterocycles. The van der Waals surface area contributed by atoms with Crippen LogP contribution in [0.25, 0.3) is 0 Å². The van der Waals surface area contributed by atoms with E-state index in [1.807, 2.05) is 23.1 Å². The van der Waals surface area contributed by atoms with Crippen molar-refractivity contribution < 1.29 is 9.90 Å². The van der Waals surface area contributed by atoms with Crippen LogP contribution in [0.2, 0.25) is 0 Å². The number of hydrogen-bond acceptors (Lipinski definition) is 4. The Morgan fingerprint density at radius 3 is 2.70 bits per heavy atom. The Labute approximate surface area is 161 Å². The first-order valence-corrected chi connectivity index (χ1v) is 9.93. The second kappa shape index (κ2) is 10.1. The van der Waals surface area contributed by atoms with Gasteiger partial charge in [-0.25, -0.2) is 4.98 Å². The van der Waals surface area contributed by atoms with Crippen molar-refractivity contribution in [1.29, 1.82) is 0 Å². The lowest BCUT2D eigenvalue weighted by atomic mass is 9.92. The summed E-state index contributed by atoms with van der Waals surface area (Å²) >= 11 is 0. The SMILES string of the molecule is O=C(c1ccc(NCCCCO)nc1)N1CCC[C@@H](c2ccccc2)CC1. The fourth-order valence-corrected chi connectivity index (χ4v) is 3.62. The number of aliphatic hydroxyl groups is 1. The number of nitrogens with one attached hydrogen (secondary N) is 1. The van der Waals surface area contributed by atoms with E-state index >= 15 is 0 Å². The Bertz CT molecular complexity index is 703. The van der Waals surface area contributed by atoms with E-state index in [4.69, 9.17) is 5.11 Å². The molecule has 5 heteroatoms. The fraction of sp³-hybridized carbons (Fsp3) is 0.455. The van der Waals surface area contributed by atoms with Gasteiger partial charge in [-0.05, 0) is 55.7 Å². The van der Waals surface area contributed by atoms with Gasteiger partial charge in [0.1, 0.15) is 5.82 Å². The standard InChI is InChI=1S/C22H29N3O2/c26-16-5-4-13-23-21-11-10-20(17-24-21)22(27)25-14-6-9-19(12-15-25)18-7-2-1-3-8-18/h1-3,7-8,10-11,17,19,26H,4-6,9,12-16H2,(H,23,24)/t19-/m1/s1. The van der Waals surface area contributed by atoms with Crippen LogP contribution in [0.15, 0.2) is 48.7 Å². The minimum absolute atomic E-state index is 0.0723. The molecular formula is C22H29N3O2. The van der Waals surface area contributed by atoms with Gasteiger partial charge in [0, 0.05) is 32.4 Å². The molecule has 5 nitrogen and oxygen atoms in total. The summed E-state index contributed by atoms with van der Waals surface area (Å²) in [6, 6.07) is 14.3. The molecule has 144 valence electrons. The van der Waals surface area contributed by atoms with Crippen molar-refractivity contribution in [1.82, 2.24) is 9.88 Å². The first-order chi connectivity index (χ1) is 13.3. The first kappa shape index (κ1) is 19.4. The van der Waals surface area contributed by atoms with Crippen LogP contribution in [0.1, 0.15) is 53.9 Å². The number of unbranched alkanes of at least 4 members (excludes halogenated alkanes) is 1. The minimum atomic E-state index is 0.0723. The molecule has 1 fully saturated rings. The summed E-state index contributed by atoms with van der Waals surface area (Å²) in [5.41, 5.74) is 2.03. The van der Waals surface area contributed by atoms with E-state index in [9.17, 15) is 4.79 Å². The van der Waals surface area contributed by atoms with Crippen molar-refractivity contribution in [2.45, 2.75) is 38.0 Å². The molecule has 0 unspecified atom stereocenters. The highest BCUT2D eigenvalue weighted by molar-refractivity contribution is 5.94. The molecule has 2 N–H and O–H groups in total. The molecule has 0 bridgehead atoms. The highest BCUT2D eigenvalue weighted by Crippen LogP contribution is 2.28. The molecule has 1 aliphatic rings. The van der Waals surface area contributed by atoms with E-state index in [1.165, 1.54) is 5.56 Å². The van der Waals surface area contributed by atoms with Crippen LogP contribution in [-0.2, 0) is 0 Å². The molecule has 1 aliphatic heterocycles. The zero-order valence-corrected chi connectivity index (χ0v) is 15.8. The van der Waals surface area contributed by atoms with E-state index in [0.29, 0.717) is 11.5 Å². The number of pyridine rings is 1. The highest BCUT2D eigenvalue weighted by Gasteiger charge is 2.22. The van der Waals surface area contributed by atoms with E-state index < -0.39 is 0 Å². The first-order valence-electron chi connectivity index (χ1n) is 9.93. The van der Waals surface area contributed by atoms with Crippen molar-refractivity contribution in [3.8, 4) is 0 Å². The number of amides is 1. The molecular weight excluding hydrogens is 338 g/mol. The van der Waals surface area contributed by atoms with Crippen LogP contribution in [-0.4, -0.2) is 47.1 Å². The Kier molecular flexibility index (Phi) is 7.22. The fourth-order valence-electron chi connectivity index (χ4n) is 3.62. The summed E-state index contributed by atoms with van der Waals surface area (Å²) in [5, 5.41) is 12.0. The van der Waals surface area contributed by atoms with Crippen molar-refractivity contribution in [3.63, 3.8) is 0 Å². The van der Waals surface area contributed by atoms with Crippen LogP contribution in [0.3, 0.4) is 0 Å². The highest BCUT2D eigenvalue weighted by atomic mass is 16.2. The number of aliphatic hydroxyl groups excluding tert-OH is 1. The van der Waals surface area contributed by atoms with Gasteiger partial charge in [-0.3, -0.25) is 4.79 Å². The van der Waals surface area contributed by atoms with Gasteiger partial charge in [0.15, 0.2) is 0 Å². The van der Waals surface area contributed by atoms with Crippen LogP contribution >= 0.6 is 0 Å². The van der Waals surface area contributed by atoms with Crippen LogP contribution in [0.4, 0.5) is 5.82 Å². The van der Waals surface area contributed by atoms with Crippen molar-refractivity contribution in [2.24, 2.45) is 0 Å². The van der Waals surface area contributed by atoms with Crippen LogP contribution in [0, 0.1) is 0 Å². The van der Waals surface area contributed by atoms with E-state index in [-0.39, 0.29) is 12.5 Å². The third-order valence-corrected chi connectivity index (χ3v) is 5.19. The molecule has 0 radical (unpaired) electrons. The summed E-state index contributed by atoms with van der Waals surface area (Å²) < 4.78 is 0. The lowest BCUT2D eigenvalue weighted by Crippen LogP contribution is -2.32. The molecule has 27 heavy (non-hydrogen) atoms. The zero-order chi connectivity index (χ0) is 18.9. The monoisotopic (exact) mass is 367 g/mol. The van der Waals surface area contributed by atoms with Gasteiger partial charge >= 0.3 is 0 Å². The maximum absolute atomic E-state index is 12.8. The van der Waals surface area contributed by atoms with Gasteiger partial charge in [-0.2, -0.15) is 0 Å². The average molecular weight is 367 g/mol. The Morgan fingerprint density at radius 2 is 1.96 bits per heavy atom. The quantitative estimate of drug-likeness (QED) is 0.733. The topological polar surface area (TPSA) is 65.5 Å². The maximum atomic E-state index is 12.8. The van der Waals surface area contributed by atoms with Crippen molar-refractivity contribution >= 4 is 11.7 Å². The summed E-state index contributed by atoms with van der Waals surface area (Å²) in [6.45, 7) is 2.58. The third-order valence-electron chi connectivity index (χ3n) is 5.19. The molecule has 1 atom stereocenters. The van der Waals surface area contributed by atoms with Gasteiger partial charge in [0.25, 0.3) is 5.91 Å². The molecule has 1 aromatic heterocycles. The van der Waals surface area contributed by atoms with Gasteiger partial charge in [0.05, 0.1) is 5.56 Å². The van der Waals surface area contributed by atoms with Gasteiger partial charge in [0.2, 0.25) is 0 Å². The lowest BCUT2D eigenvalue weighted by molar-refractivity contribution is 0.0760. The molecule has 3 rings (SSSR count). The Balaban J connectivity index is 1.54.